The minimum atomic E-state index is -0.957. The molecule has 3 aliphatic rings. The van der Waals surface area contributed by atoms with Crippen molar-refractivity contribution in [1.82, 2.24) is 0 Å². The van der Waals surface area contributed by atoms with Gasteiger partial charge in [-0.1, -0.05) is 34.1 Å². The Kier molecular flexibility index (Phi) is 6.24. The number of hydrogen-bond acceptors (Lipinski definition) is 7. The average molecular weight is 435 g/mol. The van der Waals surface area contributed by atoms with Gasteiger partial charge in [0.05, 0.1) is 18.3 Å². The molecule has 172 valence electrons. The maximum atomic E-state index is 13.7. The van der Waals surface area contributed by atoms with E-state index in [2.05, 4.69) is 13.8 Å². The van der Waals surface area contributed by atoms with Gasteiger partial charge in [-0.15, -0.1) is 0 Å². The van der Waals surface area contributed by atoms with E-state index in [1.54, 1.807) is 13.8 Å². The molecule has 2 N–H and O–H groups in total. The van der Waals surface area contributed by atoms with Crippen LogP contribution in [-0.2, 0) is 23.9 Å². The van der Waals surface area contributed by atoms with Crippen LogP contribution in [0.4, 0.5) is 0 Å². The van der Waals surface area contributed by atoms with E-state index in [1.165, 1.54) is 6.92 Å². The lowest BCUT2D eigenvalue weighted by Crippen LogP contribution is -2.60. The third-order valence-corrected chi connectivity index (χ3v) is 7.38. The highest BCUT2D eigenvalue weighted by atomic mass is 16.5. The van der Waals surface area contributed by atoms with E-state index in [-0.39, 0.29) is 41.3 Å². The van der Waals surface area contributed by atoms with Crippen LogP contribution in [0, 0.1) is 22.7 Å². The molecule has 1 saturated carbocycles. The Morgan fingerprint density at radius 1 is 1.19 bits per heavy atom. The van der Waals surface area contributed by atoms with E-state index in [1.807, 2.05) is 6.92 Å². The number of carbonyl (C=O) groups is 3. The predicted octanol–water partition coefficient (Wildman–Crippen LogP) is 3.06. The number of ether oxygens (including phenoxy) is 2. The number of allylic oxidation sites excluding steroid dienone is 1. The third-order valence-electron chi connectivity index (χ3n) is 7.38. The highest BCUT2D eigenvalue weighted by Gasteiger charge is 2.61. The molecule has 1 fully saturated rings. The third kappa shape index (κ3) is 3.65. The molecule has 0 bridgehead atoms. The van der Waals surface area contributed by atoms with E-state index in [0.717, 1.165) is 12.8 Å². The molecule has 7 heteroatoms. The van der Waals surface area contributed by atoms with Crippen LogP contribution in [0.2, 0.25) is 0 Å². The summed E-state index contributed by atoms with van der Waals surface area (Å²) < 4.78 is 10.9. The Morgan fingerprint density at radius 3 is 2.42 bits per heavy atom. The second-order valence-electron chi connectivity index (χ2n) is 10.0. The van der Waals surface area contributed by atoms with Crippen LogP contribution in [0.25, 0.3) is 0 Å². The number of hydrogen-bond donors (Lipinski definition) is 2. The number of ketones is 2. The lowest BCUT2D eigenvalue weighted by atomic mass is 9.47. The van der Waals surface area contributed by atoms with Crippen molar-refractivity contribution in [2.45, 2.75) is 73.0 Å². The SMILES string of the molecule is CCO[C@H]1C2=C(C(=O)C(O)=C(C(C)COC(C)=O)C2=O)[C@@]2(C)CCCC(C)(C)C2[C@@H]1O. The van der Waals surface area contributed by atoms with Crippen LogP contribution in [-0.4, -0.2) is 53.2 Å². The Bertz CT molecular complexity index is 865. The molecule has 0 heterocycles. The molecule has 0 spiro atoms. The molecule has 0 aromatic rings. The topological polar surface area (TPSA) is 110 Å². The quantitative estimate of drug-likeness (QED) is 0.505. The van der Waals surface area contributed by atoms with Crippen molar-refractivity contribution in [3.05, 3.63) is 22.5 Å². The maximum absolute atomic E-state index is 13.7. The number of aliphatic hydroxyl groups is 2. The normalized spacial score (nSPS) is 33.7. The van der Waals surface area contributed by atoms with Crippen molar-refractivity contribution in [1.29, 1.82) is 0 Å². The Balaban J connectivity index is 2.17. The zero-order chi connectivity index (χ0) is 23.3. The van der Waals surface area contributed by atoms with Crippen LogP contribution < -0.4 is 0 Å². The molecule has 5 atom stereocenters. The minimum Gasteiger partial charge on any atom is -0.504 e. The molecule has 2 unspecified atom stereocenters. The first-order valence-corrected chi connectivity index (χ1v) is 11.1. The molecule has 7 nitrogen and oxygen atoms in total. The lowest BCUT2D eigenvalue weighted by molar-refractivity contribution is -0.146. The molecule has 31 heavy (non-hydrogen) atoms. The van der Waals surface area contributed by atoms with Crippen LogP contribution in [0.3, 0.4) is 0 Å². The van der Waals surface area contributed by atoms with Crippen molar-refractivity contribution in [2.24, 2.45) is 22.7 Å². The Hall–Kier alpha value is -1.99. The fraction of sp³-hybridized carbons (Fsp3) is 0.708. The maximum Gasteiger partial charge on any atom is 0.302 e. The molecule has 0 aromatic carbocycles. The van der Waals surface area contributed by atoms with Crippen molar-refractivity contribution < 1.29 is 34.1 Å². The summed E-state index contributed by atoms with van der Waals surface area (Å²) >= 11 is 0. The summed E-state index contributed by atoms with van der Waals surface area (Å²) in [5.41, 5.74) is -0.682. The first-order valence-electron chi connectivity index (χ1n) is 11.1. The van der Waals surface area contributed by atoms with E-state index >= 15 is 0 Å². The zero-order valence-corrected chi connectivity index (χ0v) is 19.3. The molecule has 3 rings (SSSR count). The molecule has 3 aliphatic carbocycles. The van der Waals surface area contributed by atoms with E-state index < -0.39 is 46.8 Å². The summed E-state index contributed by atoms with van der Waals surface area (Å²) in [6.45, 7) is 10.8. The summed E-state index contributed by atoms with van der Waals surface area (Å²) in [5, 5.41) is 22.3. The summed E-state index contributed by atoms with van der Waals surface area (Å²) in [6.07, 6.45) is 0.475. The van der Waals surface area contributed by atoms with Gasteiger partial charge in [0, 0.05) is 41.9 Å². The van der Waals surface area contributed by atoms with Crippen LogP contribution in [0.1, 0.15) is 60.8 Å². The van der Waals surface area contributed by atoms with Gasteiger partial charge in [0.1, 0.15) is 6.10 Å². The standard InChI is InChI=1S/C24H34O7/c1-7-30-21-15-16(24(6)10-8-9-23(4,5)22(24)20(21)29)19(28)18(27)14(17(15)26)12(2)11-31-13(3)25/h12,20-22,27,29H,7-11H2,1-6H3/t12?,20-,21+,22?,24-/m1/s1. The van der Waals surface area contributed by atoms with Gasteiger partial charge in [-0.25, -0.2) is 0 Å². The van der Waals surface area contributed by atoms with Crippen molar-refractivity contribution in [2.75, 3.05) is 13.2 Å². The Morgan fingerprint density at radius 2 is 1.84 bits per heavy atom. The highest BCUT2D eigenvalue weighted by molar-refractivity contribution is 6.25. The van der Waals surface area contributed by atoms with Gasteiger partial charge in [-0.3, -0.25) is 14.4 Å². The van der Waals surface area contributed by atoms with E-state index in [9.17, 15) is 24.6 Å². The monoisotopic (exact) mass is 434 g/mol. The van der Waals surface area contributed by atoms with Gasteiger partial charge in [0.2, 0.25) is 5.78 Å². The van der Waals surface area contributed by atoms with Crippen LogP contribution in [0.15, 0.2) is 22.5 Å². The molecule has 0 aromatic heterocycles. The molecule has 0 radical (unpaired) electrons. The Labute approximate surface area is 183 Å². The van der Waals surface area contributed by atoms with Gasteiger partial charge < -0.3 is 19.7 Å². The second-order valence-corrected chi connectivity index (χ2v) is 10.0. The van der Waals surface area contributed by atoms with Crippen molar-refractivity contribution >= 4 is 17.5 Å². The molecule has 0 aliphatic heterocycles. The minimum absolute atomic E-state index is 0.0842. The van der Waals surface area contributed by atoms with Crippen LogP contribution >= 0.6 is 0 Å². The number of carbonyl (C=O) groups excluding carboxylic acids is 3. The largest absolute Gasteiger partial charge is 0.504 e. The fourth-order valence-corrected chi connectivity index (χ4v) is 6.26. The molecular weight excluding hydrogens is 400 g/mol. The van der Waals surface area contributed by atoms with E-state index in [0.29, 0.717) is 6.42 Å². The second kappa shape index (κ2) is 8.17. The van der Waals surface area contributed by atoms with E-state index in [4.69, 9.17) is 9.47 Å². The summed E-state index contributed by atoms with van der Waals surface area (Å²) in [5.74, 6) is -3.16. The fourth-order valence-electron chi connectivity index (χ4n) is 6.26. The zero-order valence-electron chi connectivity index (χ0n) is 19.3. The average Bonchev–Trinajstić information content (AvgIpc) is 2.65. The van der Waals surface area contributed by atoms with Gasteiger partial charge in [-0.2, -0.15) is 0 Å². The number of aliphatic hydroxyl groups excluding tert-OH is 2. The first kappa shape index (κ1) is 23.7. The number of rotatable bonds is 5. The molecular formula is C24H34O7. The van der Waals surface area contributed by atoms with Crippen LogP contribution in [0.5, 0.6) is 0 Å². The first-order chi connectivity index (χ1) is 14.4. The summed E-state index contributed by atoms with van der Waals surface area (Å²) in [6, 6.07) is 0. The smallest absolute Gasteiger partial charge is 0.302 e. The van der Waals surface area contributed by atoms with Gasteiger partial charge in [-0.05, 0) is 25.2 Å². The number of fused-ring (bicyclic) bond motifs is 2. The predicted molar refractivity (Wildman–Crippen MR) is 113 cm³/mol. The number of esters is 1. The molecule has 0 saturated heterocycles. The molecule has 0 amide bonds. The summed E-state index contributed by atoms with van der Waals surface area (Å²) in [4.78, 5) is 38.4. The number of Topliss-reactive ketones (excluding diaryl/α,β-unsaturated/α-hetero) is 2. The van der Waals surface area contributed by atoms with Gasteiger partial charge in [0.15, 0.2) is 11.5 Å². The highest BCUT2D eigenvalue weighted by Crippen LogP contribution is 2.61. The van der Waals surface area contributed by atoms with Crippen molar-refractivity contribution in [3.8, 4) is 0 Å². The lowest BCUT2D eigenvalue weighted by Gasteiger charge is -2.58. The van der Waals surface area contributed by atoms with Gasteiger partial charge in [0.25, 0.3) is 0 Å². The van der Waals surface area contributed by atoms with Gasteiger partial charge >= 0.3 is 5.97 Å². The summed E-state index contributed by atoms with van der Waals surface area (Å²) in [7, 11) is 0. The van der Waals surface area contributed by atoms with Crippen molar-refractivity contribution in [3.63, 3.8) is 0 Å².